The third-order valence-corrected chi connectivity index (χ3v) is 5.65. The van der Waals surface area contributed by atoms with Crippen LogP contribution in [0.5, 0.6) is 0 Å². The van der Waals surface area contributed by atoms with Crippen molar-refractivity contribution in [3.63, 3.8) is 0 Å². The Balaban J connectivity index is 1.31. The number of amides is 1. The van der Waals surface area contributed by atoms with Crippen LogP contribution in [0.2, 0.25) is 0 Å². The van der Waals surface area contributed by atoms with E-state index in [0.717, 1.165) is 50.2 Å². The molecule has 0 bridgehead atoms. The molecular formula is C22H33N3O5. The van der Waals surface area contributed by atoms with Crippen molar-refractivity contribution in [3.8, 4) is 0 Å². The van der Waals surface area contributed by atoms with E-state index < -0.39 is 18.1 Å². The number of carboxylic acid groups (broad SMARTS) is 1. The van der Waals surface area contributed by atoms with Crippen LogP contribution in [0, 0.1) is 5.92 Å². The number of nitrogens with one attached hydrogen (secondary N) is 2. The molecule has 2 aliphatic rings. The van der Waals surface area contributed by atoms with Gasteiger partial charge < -0.3 is 25.2 Å². The number of aryl methyl sites for hydroxylation is 2. The number of fused-ring (bicyclic) bond motifs is 1. The molecule has 0 spiro atoms. The molecule has 8 nitrogen and oxygen atoms in total. The van der Waals surface area contributed by atoms with Crippen molar-refractivity contribution < 1.29 is 24.2 Å². The molecule has 0 saturated heterocycles. The summed E-state index contributed by atoms with van der Waals surface area (Å²) in [7, 11) is 0. The molecular weight excluding hydrogens is 386 g/mol. The molecule has 1 aliphatic carbocycles. The van der Waals surface area contributed by atoms with Gasteiger partial charge in [0.1, 0.15) is 11.9 Å². The van der Waals surface area contributed by atoms with E-state index in [1.165, 1.54) is 12.0 Å². The van der Waals surface area contributed by atoms with Gasteiger partial charge in [0.2, 0.25) is 0 Å². The number of rotatable bonds is 10. The molecule has 1 aromatic heterocycles. The van der Waals surface area contributed by atoms with Crippen molar-refractivity contribution in [2.75, 3.05) is 18.5 Å². The SMILES string of the molecule is CC(C)OC(=O)N[C@@H](CCOC1CC(CCc2ccc3c(n2)NCCC3)C1)C(=O)O. The largest absolute Gasteiger partial charge is 0.480 e. The van der Waals surface area contributed by atoms with Gasteiger partial charge in [0.25, 0.3) is 0 Å². The third kappa shape index (κ3) is 6.58. The first-order chi connectivity index (χ1) is 14.4. The van der Waals surface area contributed by atoms with Crippen molar-refractivity contribution in [1.82, 2.24) is 10.3 Å². The van der Waals surface area contributed by atoms with E-state index in [1.54, 1.807) is 13.8 Å². The van der Waals surface area contributed by atoms with Crippen LogP contribution in [0.25, 0.3) is 0 Å². The van der Waals surface area contributed by atoms with Crippen molar-refractivity contribution in [1.29, 1.82) is 0 Å². The van der Waals surface area contributed by atoms with Gasteiger partial charge in [0, 0.05) is 25.3 Å². The molecule has 2 heterocycles. The van der Waals surface area contributed by atoms with Gasteiger partial charge in [0.05, 0.1) is 12.2 Å². The number of carboxylic acids is 1. The number of hydrogen-bond donors (Lipinski definition) is 3. The monoisotopic (exact) mass is 419 g/mol. The molecule has 0 aromatic carbocycles. The van der Waals surface area contributed by atoms with Gasteiger partial charge in [-0.05, 0) is 69.9 Å². The number of ether oxygens (including phenoxy) is 2. The topological polar surface area (TPSA) is 110 Å². The zero-order chi connectivity index (χ0) is 21.5. The first kappa shape index (κ1) is 22.3. The number of hydrogen-bond acceptors (Lipinski definition) is 6. The van der Waals surface area contributed by atoms with Crippen LogP contribution >= 0.6 is 0 Å². The highest BCUT2D eigenvalue weighted by Gasteiger charge is 2.30. The molecule has 3 N–H and O–H groups in total. The minimum Gasteiger partial charge on any atom is -0.480 e. The molecule has 0 radical (unpaired) electrons. The van der Waals surface area contributed by atoms with E-state index in [0.29, 0.717) is 12.5 Å². The average molecular weight is 420 g/mol. The van der Waals surface area contributed by atoms with Crippen LogP contribution in [0.1, 0.15) is 57.2 Å². The standard InChI is InChI=1S/C22H33N3O5/c1-14(2)30-22(28)25-19(21(26)27)9-11-29-18-12-15(13-18)5-7-17-8-6-16-4-3-10-23-20(16)24-17/h6,8,14-15,18-19H,3-5,7,9-13H2,1-2H3,(H,23,24)(H,25,28)(H,26,27)/t15?,18?,19-/m0/s1. The van der Waals surface area contributed by atoms with E-state index in [4.69, 9.17) is 14.5 Å². The molecule has 1 aliphatic heterocycles. The van der Waals surface area contributed by atoms with Crippen molar-refractivity contribution in [3.05, 3.63) is 23.4 Å². The predicted octanol–water partition coefficient (Wildman–Crippen LogP) is 3.15. The summed E-state index contributed by atoms with van der Waals surface area (Å²) in [6, 6.07) is 3.33. The summed E-state index contributed by atoms with van der Waals surface area (Å²) in [5.41, 5.74) is 2.45. The van der Waals surface area contributed by atoms with E-state index in [1.807, 2.05) is 0 Å². The molecule has 1 atom stereocenters. The van der Waals surface area contributed by atoms with Gasteiger partial charge in [-0.15, -0.1) is 0 Å². The number of nitrogens with zero attached hydrogens (tertiary/aromatic N) is 1. The Morgan fingerprint density at radius 2 is 2.13 bits per heavy atom. The second-order valence-corrected chi connectivity index (χ2v) is 8.49. The van der Waals surface area contributed by atoms with Gasteiger partial charge in [-0.3, -0.25) is 0 Å². The van der Waals surface area contributed by atoms with Crippen molar-refractivity contribution in [2.24, 2.45) is 5.92 Å². The number of alkyl carbamates (subject to hydrolysis) is 1. The Labute approximate surface area is 177 Å². The van der Waals surface area contributed by atoms with Crippen molar-refractivity contribution in [2.45, 2.75) is 77.0 Å². The molecule has 3 rings (SSSR count). The molecule has 8 heteroatoms. The lowest BCUT2D eigenvalue weighted by Crippen LogP contribution is -2.43. The smallest absolute Gasteiger partial charge is 0.408 e. The number of aromatic nitrogens is 1. The highest BCUT2D eigenvalue weighted by atomic mass is 16.6. The maximum absolute atomic E-state index is 11.6. The minimum atomic E-state index is -1.09. The van der Waals surface area contributed by atoms with Crippen LogP contribution in [0.4, 0.5) is 10.6 Å². The fourth-order valence-corrected chi connectivity index (χ4v) is 3.91. The second-order valence-electron chi connectivity index (χ2n) is 8.49. The molecule has 1 fully saturated rings. The van der Waals surface area contributed by atoms with Crippen LogP contribution in [0.3, 0.4) is 0 Å². The van der Waals surface area contributed by atoms with Gasteiger partial charge in [-0.25, -0.2) is 14.6 Å². The lowest BCUT2D eigenvalue weighted by molar-refractivity contribution is -0.140. The van der Waals surface area contributed by atoms with Crippen LogP contribution in [0.15, 0.2) is 12.1 Å². The molecule has 1 saturated carbocycles. The minimum absolute atomic E-state index is 0.171. The van der Waals surface area contributed by atoms with E-state index in [9.17, 15) is 14.7 Å². The average Bonchev–Trinajstić information content (AvgIpc) is 2.67. The molecule has 30 heavy (non-hydrogen) atoms. The van der Waals surface area contributed by atoms with Gasteiger partial charge in [-0.1, -0.05) is 6.07 Å². The summed E-state index contributed by atoms with van der Waals surface area (Å²) in [6.45, 7) is 4.73. The molecule has 1 aromatic rings. The number of carbonyl (C=O) groups is 2. The number of carbonyl (C=O) groups excluding carboxylic acids is 1. The molecule has 0 unspecified atom stereocenters. The van der Waals surface area contributed by atoms with Gasteiger partial charge >= 0.3 is 12.1 Å². The summed E-state index contributed by atoms with van der Waals surface area (Å²) < 4.78 is 10.7. The molecule has 1 amide bonds. The number of anilines is 1. The fourth-order valence-electron chi connectivity index (χ4n) is 3.91. The normalized spacial score (nSPS) is 21.2. The van der Waals surface area contributed by atoms with E-state index >= 15 is 0 Å². The Kier molecular flexibility index (Phi) is 7.90. The Morgan fingerprint density at radius 3 is 2.87 bits per heavy atom. The zero-order valence-electron chi connectivity index (χ0n) is 17.9. The summed E-state index contributed by atoms with van der Waals surface area (Å²) in [5, 5.41) is 15.0. The first-order valence-electron chi connectivity index (χ1n) is 10.9. The molecule has 166 valence electrons. The van der Waals surface area contributed by atoms with Gasteiger partial charge in [-0.2, -0.15) is 0 Å². The number of pyridine rings is 1. The Morgan fingerprint density at radius 1 is 1.33 bits per heavy atom. The number of aliphatic carboxylic acids is 1. The summed E-state index contributed by atoms with van der Waals surface area (Å²) >= 11 is 0. The third-order valence-electron chi connectivity index (χ3n) is 5.65. The highest BCUT2D eigenvalue weighted by Crippen LogP contribution is 2.34. The van der Waals surface area contributed by atoms with E-state index in [-0.39, 0.29) is 18.6 Å². The van der Waals surface area contributed by atoms with Crippen LogP contribution in [-0.2, 0) is 27.1 Å². The summed E-state index contributed by atoms with van der Waals surface area (Å²) in [4.78, 5) is 27.6. The summed E-state index contributed by atoms with van der Waals surface area (Å²) in [5.74, 6) is 0.584. The summed E-state index contributed by atoms with van der Waals surface area (Å²) in [6.07, 6.45) is 5.69. The Hall–Kier alpha value is -2.35. The fraction of sp³-hybridized carbons (Fsp3) is 0.682. The quantitative estimate of drug-likeness (QED) is 0.534. The zero-order valence-corrected chi connectivity index (χ0v) is 17.9. The lowest BCUT2D eigenvalue weighted by Gasteiger charge is -2.35. The lowest BCUT2D eigenvalue weighted by atomic mass is 9.79. The van der Waals surface area contributed by atoms with E-state index in [2.05, 4.69) is 22.8 Å². The van der Waals surface area contributed by atoms with Crippen molar-refractivity contribution >= 4 is 17.9 Å². The van der Waals surface area contributed by atoms with Crippen LogP contribution < -0.4 is 10.6 Å². The highest BCUT2D eigenvalue weighted by molar-refractivity contribution is 5.79. The van der Waals surface area contributed by atoms with Gasteiger partial charge in [0.15, 0.2) is 0 Å². The Bertz CT molecular complexity index is 733. The predicted molar refractivity (Wildman–Crippen MR) is 113 cm³/mol. The maximum Gasteiger partial charge on any atom is 0.408 e. The van der Waals surface area contributed by atoms with Crippen LogP contribution in [-0.4, -0.2) is 53.6 Å². The second kappa shape index (κ2) is 10.6. The first-order valence-corrected chi connectivity index (χ1v) is 10.9. The maximum atomic E-state index is 11.6.